The summed E-state index contributed by atoms with van der Waals surface area (Å²) >= 11 is 0. The molecule has 2 rings (SSSR count). The van der Waals surface area contributed by atoms with Crippen LogP contribution in [0.4, 0.5) is 11.6 Å². The first-order chi connectivity index (χ1) is 9.26. The van der Waals surface area contributed by atoms with E-state index in [9.17, 15) is 0 Å². The molecule has 0 unspecified atom stereocenters. The Labute approximate surface area is 115 Å². The maximum absolute atomic E-state index is 5.41. The van der Waals surface area contributed by atoms with Gasteiger partial charge in [-0.25, -0.2) is 9.97 Å². The summed E-state index contributed by atoms with van der Waals surface area (Å²) in [5, 5.41) is 3.28. The summed E-state index contributed by atoms with van der Waals surface area (Å²) in [6.07, 6.45) is 3.40. The lowest BCUT2D eigenvalue weighted by Crippen LogP contribution is -2.37. The second-order valence-electron chi connectivity index (χ2n) is 4.83. The summed E-state index contributed by atoms with van der Waals surface area (Å²) in [7, 11) is 1.80. The molecule has 0 bridgehead atoms. The summed E-state index contributed by atoms with van der Waals surface area (Å²) in [5.74, 6) is 2.87. The van der Waals surface area contributed by atoms with Gasteiger partial charge in [0, 0.05) is 39.2 Å². The molecule has 1 aromatic heterocycles. The van der Waals surface area contributed by atoms with Crippen LogP contribution in [0.1, 0.15) is 32.5 Å². The highest BCUT2D eigenvalue weighted by molar-refractivity contribution is 5.49. The van der Waals surface area contributed by atoms with Crippen LogP contribution in [0.3, 0.4) is 0 Å². The summed E-state index contributed by atoms with van der Waals surface area (Å²) in [6, 6.07) is 2.05. The van der Waals surface area contributed by atoms with Crippen LogP contribution in [-0.4, -0.2) is 42.8 Å². The quantitative estimate of drug-likeness (QED) is 0.882. The lowest BCUT2D eigenvalue weighted by atomic mass is 10.1. The molecule has 0 saturated carbocycles. The predicted molar refractivity (Wildman–Crippen MR) is 77.8 cm³/mol. The molecule has 1 aliphatic rings. The zero-order valence-electron chi connectivity index (χ0n) is 12.1. The van der Waals surface area contributed by atoms with E-state index in [1.807, 2.05) is 0 Å². The Balaban J connectivity index is 2.12. The fourth-order valence-electron chi connectivity index (χ4n) is 2.40. The minimum Gasteiger partial charge on any atom is -0.381 e. The van der Waals surface area contributed by atoms with Crippen molar-refractivity contribution < 1.29 is 4.74 Å². The van der Waals surface area contributed by atoms with Crippen LogP contribution in [0.2, 0.25) is 0 Å². The Morgan fingerprint density at radius 1 is 1.32 bits per heavy atom. The van der Waals surface area contributed by atoms with Gasteiger partial charge in [-0.1, -0.05) is 6.92 Å². The molecule has 1 fully saturated rings. The van der Waals surface area contributed by atoms with Crippen molar-refractivity contribution in [1.82, 2.24) is 9.97 Å². The number of nitrogens with one attached hydrogen (secondary N) is 1. The van der Waals surface area contributed by atoms with Crippen molar-refractivity contribution in [2.45, 2.75) is 39.2 Å². The van der Waals surface area contributed by atoms with Crippen molar-refractivity contribution in [3.8, 4) is 0 Å². The number of aryl methyl sites for hydroxylation is 1. The summed E-state index contributed by atoms with van der Waals surface area (Å²) in [4.78, 5) is 11.5. The Kier molecular flexibility index (Phi) is 4.96. The van der Waals surface area contributed by atoms with Crippen molar-refractivity contribution in [2.75, 3.05) is 37.0 Å². The second-order valence-corrected chi connectivity index (χ2v) is 4.83. The number of aromatic nitrogens is 2. The molecule has 1 N–H and O–H groups in total. The van der Waals surface area contributed by atoms with E-state index >= 15 is 0 Å². The smallest absolute Gasteiger partial charge is 0.134 e. The number of ether oxygens (including phenoxy) is 1. The van der Waals surface area contributed by atoms with Crippen molar-refractivity contribution in [1.29, 1.82) is 0 Å². The van der Waals surface area contributed by atoms with Crippen molar-refractivity contribution >= 4 is 11.6 Å². The Hall–Kier alpha value is -1.36. The van der Waals surface area contributed by atoms with Gasteiger partial charge in [0.1, 0.15) is 17.5 Å². The van der Waals surface area contributed by atoms with E-state index in [1.54, 1.807) is 7.11 Å². The molecule has 2 heterocycles. The van der Waals surface area contributed by atoms with Crippen LogP contribution >= 0.6 is 0 Å². The lowest BCUT2D eigenvalue weighted by molar-refractivity contribution is 0.0818. The number of hydrogen-bond donors (Lipinski definition) is 1. The zero-order valence-corrected chi connectivity index (χ0v) is 12.1. The molecular weight excluding hydrogens is 240 g/mol. The van der Waals surface area contributed by atoms with Crippen LogP contribution in [-0.2, 0) is 11.2 Å². The molecule has 1 aromatic rings. The first-order valence-corrected chi connectivity index (χ1v) is 7.16. The van der Waals surface area contributed by atoms with Gasteiger partial charge >= 0.3 is 0 Å². The second kappa shape index (κ2) is 6.70. The average molecular weight is 264 g/mol. The average Bonchev–Trinajstić information content (AvgIpc) is 2.47. The van der Waals surface area contributed by atoms with E-state index in [0.29, 0.717) is 6.10 Å². The topological polar surface area (TPSA) is 50.3 Å². The number of methoxy groups -OCH3 is 1. The minimum atomic E-state index is 0.400. The highest BCUT2D eigenvalue weighted by Gasteiger charge is 2.20. The van der Waals surface area contributed by atoms with Gasteiger partial charge in [-0.2, -0.15) is 0 Å². The number of anilines is 2. The fourth-order valence-corrected chi connectivity index (χ4v) is 2.40. The minimum absolute atomic E-state index is 0.400. The number of hydrogen-bond acceptors (Lipinski definition) is 5. The van der Waals surface area contributed by atoms with Crippen LogP contribution in [0, 0.1) is 0 Å². The standard InChI is InChI=1S/C14H24N4O/c1-4-12-16-13(15-5-2)10-14(17-12)18-8-6-11(19-3)7-9-18/h10-11H,4-9H2,1-3H3,(H,15,16,17). The van der Waals surface area contributed by atoms with Crippen molar-refractivity contribution in [3.05, 3.63) is 11.9 Å². The van der Waals surface area contributed by atoms with Crippen molar-refractivity contribution in [3.63, 3.8) is 0 Å². The first-order valence-electron chi connectivity index (χ1n) is 7.16. The molecule has 5 nitrogen and oxygen atoms in total. The van der Waals surface area contributed by atoms with E-state index < -0.39 is 0 Å². The van der Waals surface area contributed by atoms with Gasteiger partial charge in [0.05, 0.1) is 6.10 Å². The van der Waals surface area contributed by atoms with Crippen molar-refractivity contribution in [2.24, 2.45) is 0 Å². The first kappa shape index (κ1) is 14.1. The molecule has 0 atom stereocenters. The Morgan fingerprint density at radius 3 is 2.63 bits per heavy atom. The monoisotopic (exact) mass is 264 g/mol. The fraction of sp³-hybridized carbons (Fsp3) is 0.714. The summed E-state index contributed by atoms with van der Waals surface area (Å²) in [5.41, 5.74) is 0. The van der Waals surface area contributed by atoms with Gasteiger partial charge < -0.3 is 15.0 Å². The molecule has 19 heavy (non-hydrogen) atoms. The number of piperidine rings is 1. The normalized spacial score (nSPS) is 16.7. The summed E-state index contributed by atoms with van der Waals surface area (Å²) in [6.45, 7) is 7.06. The van der Waals surface area contributed by atoms with Gasteiger partial charge in [0.15, 0.2) is 0 Å². The molecule has 0 radical (unpaired) electrons. The number of nitrogens with zero attached hydrogens (tertiary/aromatic N) is 3. The van der Waals surface area contributed by atoms with Crippen LogP contribution in [0.15, 0.2) is 6.07 Å². The van der Waals surface area contributed by atoms with Gasteiger partial charge in [-0.15, -0.1) is 0 Å². The third-order valence-corrected chi connectivity index (χ3v) is 3.53. The van der Waals surface area contributed by atoms with E-state index in [2.05, 4.69) is 40.1 Å². The van der Waals surface area contributed by atoms with E-state index in [4.69, 9.17) is 4.74 Å². The van der Waals surface area contributed by atoms with Crippen LogP contribution in [0.5, 0.6) is 0 Å². The SMILES string of the molecule is CCNc1cc(N2CCC(OC)CC2)nc(CC)n1. The molecule has 5 heteroatoms. The maximum atomic E-state index is 5.41. The van der Waals surface area contributed by atoms with Gasteiger partial charge in [0.2, 0.25) is 0 Å². The molecule has 0 amide bonds. The molecule has 106 valence electrons. The third-order valence-electron chi connectivity index (χ3n) is 3.53. The zero-order chi connectivity index (χ0) is 13.7. The number of rotatable bonds is 5. The molecular formula is C14H24N4O. The third kappa shape index (κ3) is 3.56. The van der Waals surface area contributed by atoms with Gasteiger partial charge in [-0.05, 0) is 19.8 Å². The summed E-state index contributed by atoms with van der Waals surface area (Å²) < 4.78 is 5.41. The van der Waals surface area contributed by atoms with Crippen LogP contribution in [0.25, 0.3) is 0 Å². The Morgan fingerprint density at radius 2 is 2.05 bits per heavy atom. The van der Waals surface area contributed by atoms with E-state index in [-0.39, 0.29) is 0 Å². The van der Waals surface area contributed by atoms with E-state index in [1.165, 1.54) is 0 Å². The van der Waals surface area contributed by atoms with Crippen LogP contribution < -0.4 is 10.2 Å². The Bertz CT molecular complexity index is 402. The van der Waals surface area contributed by atoms with Gasteiger partial charge in [0.25, 0.3) is 0 Å². The molecule has 0 spiro atoms. The highest BCUT2D eigenvalue weighted by atomic mass is 16.5. The molecule has 1 saturated heterocycles. The lowest BCUT2D eigenvalue weighted by Gasteiger charge is -2.32. The predicted octanol–water partition coefficient (Wildman–Crippen LogP) is 2.09. The molecule has 0 aliphatic carbocycles. The van der Waals surface area contributed by atoms with E-state index in [0.717, 1.165) is 56.4 Å². The molecule has 0 aromatic carbocycles. The largest absolute Gasteiger partial charge is 0.381 e. The highest BCUT2D eigenvalue weighted by Crippen LogP contribution is 2.21. The molecule has 1 aliphatic heterocycles. The van der Waals surface area contributed by atoms with Gasteiger partial charge in [-0.3, -0.25) is 0 Å². The maximum Gasteiger partial charge on any atom is 0.134 e.